The fourth-order valence-corrected chi connectivity index (χ4v) is 1.82. The van der Waals surface area contributed by atoms with Crippen LogP contribution in [0.5, 0.6) is 0 Å². The maximum atomic E-state index is 12.9. The van der Waals surface area contributed by atoms with Gasteiger partial charge in [0.25, 0.3) is 0 Å². The van der Waals surface area contributed by atoms with Crippen molar-refractivity contribution < 1.29 is 17.6 Å². The van der Waals surface area contributed by atoms with Gasteiger partial charge in [0.05, 0.1) is 0 Å². The van der Waals surface area contributed by atoms with Crippen molar-refractivity contribution in [1.29, 1.82) is 0 Å². The lowest BCUT2D eigenvalue weighted by atomic mass is 9.93. The summed E-state index contributed by atoms with van der Waals surface area (Å²) in [4.78, 5) is 6.59. The zero-order valence-electron chi connectivity index (χ0n) is 10.2. The van der Waals surface area contributed by atoms with E-state index in [9.17, 15) is 17.6 Å². The molecule has 1 aromatic heterocycles. The lowest BCUT2D eigenvalue weighted by Gasteiger charge is -2.15. The zero-order valence-corrected chi connectivity index (χ0v) is 10.2. The molecule has 0 saturated carbocycles. The van der Waals surface area contributed by atoms with Crippen LogP contribution in [0.2, 0.25) is 0 Å². The third kappa shape index (κ3) is 3.11. The number of hydrogen-bond donors (Lipinski definition) is 1. The molecule has 0 amide bonds. The van der Waals surface area contributed by atoms with E-state index in [0.29, 0.717) is 11.1 Å². The maximum Gasteiger partial charge on any atom is 0.451 e. The summed E-state index contributed by atoms with van der Waals surface area (Å²) in [6, 6.07) is 5.60. The molecule has 0 bridgehead atoms. The van der Waals surface area contributed by atoms with Crippen LogP contribution in [0.4, 0.5) is 17.6 Å². The number of nitrogens with zero attached hydrogens (tertiary/aromatic N) is 2. The predicted molar refractivity (Wildman–Crippen MR) is 64.3 cm³/mol. The maximum absolute atomic E-state index is 12.9. The van der Waals surface area contributed by atoms with Gasteiger partial charge in [-0.2, -0.15) is 13.2 Å². The Bertz CT molecular complexity index is 564. The molecule has 0 radical (unpaired) electrons. The standard InChI is InChI=1S/C13H11F4N3/c14-10-3-1-8(2-4-10)11(5-18)9-6-19-12(20-7-9)13(15,16)17/h1-4,6-7,11H,5,18H2. The van der Waals surface area contributed by atoms with Crippen LogP contribution >= 0.6 is 0 Å². The molecule has 0 fully saturated rings. The van der Waals surface area contributed by atoms with Gasteiger partial charge in [0.15, 0.2) is 0 Å². The molecule has 106 valence electrons. The number of benzene rings is 1. The molecule has 1 atom stereocenters. The van der Waals surface area contributed by atoms with Gasteiger partial charge in [-0.15, -0.1) is 0 Å². The molecule has 20 heavy (non-hydrogen) atoms. The number of alkyl halides is 3. The van der Waals surface area contributed by atoms with E-state index in [2.05, 4.69) is 9.97 Å². The van der Waals surface area contributed by atoms with E-state index in [1.807, 2.05) is 0 Å². The summed E-state index contributed by atoms with van der Waals surface area (Å²) in [5.41, 5.74) is 6.77. The quantitative estimate of drug-likeness (QED) is 0.882. The average molecular weight is 285 g/mol. The molecule has 3 nitrogen and oxygen atoms in total. The first-order chi connectivity index (χ1) is 9.41. The summed E-state index contributed by atoms with van der Waals surface area (Å²) < 4.78 is 50.0. The first kappa shape index (κ1) is 14.4. The molecule has 2 N–H and O–H groups in total. The van der Waals surface area contributed by atoms with Gasteiger partial charge in [0.2, 0.25) is 5.82 Å². The average Bonchev–Trinajstić information content (AvgIpc) is 2.41. The van der Waals surface area contributed by atoms with Gasteiger partial charge in [-0.05, 0) is 23.3 Å². The van der Waals surface area contributed by atoms with E-state index >= 15 is 0 Å². The minimum atomic E-state index is -4.58. The highest BCUT2D eigenvalue weighted by atomic mass is 19.4. The molecule has 0 aliphatic rings. The Morgan fingerprint density at radius 1 is 1.00 bits per heavy atom. The fraction of sp³-hybridized carbons (Fsp3) is 0.231. The van der Waals surface area contributed by atoms with E-state index in [4.69, 9.17) is 5.73 Å². The number of rotatable bonds is 3. The van der Waals surface area contributed by atoms with E-state index in [1.165, 1.54) is 24.3 Å². The van der Waals surface area contributed by atoms with Gasteiger partial charge in [-0.3, -0.25) is 0 Å². The highest BCUT2D eigenvalue weighted by molar-refractivity contribution is 5.30. The van der Waals surface area contributed by atoms with Crippen molar-refractivity contribution in [3.8, 4) is 0 Å². The minimum absolute atomic E-state index is 0.153. The Labute approximate surface area is 112 Å². The monoisotopic (exact) mass is 285 g/mol. The third-order valence-corrected chi connectivity index (χ3v) is 2.84. The Kier molecular flexibility index (Phi) is 3.99. The van der Waals surface area contributed by atoms with Crippen LogP contribution < -0.4 is 5.73 Å². The Hall–Kier alpha value is -2.02. The molecular weight excluding hydrogens is 274 g/mol. The summed E-state index contributed by atoms with van der Waals surface area (Å²) in [6.07, 6.45) is -2.39. The largest absolute Gasteiger partial charge is 0.451 e. The van der Waals surface area contributed by atoms with Gasteiger partial charge in [-0.25, -0.2) is 14.4 Å². The SMILES string of the molecule is NCC(c1ccc(F)cc1)c1cnc(C(F)(F)F)nc1. The summed E-state index contributed by atoms with van der Waals surface area (Å²) >= 11 is 0. The van der Waals surface area contributed by atoms with Gasteiger partial charge in [-0.1, -0.05) is 12.1 Å². The smallest absolute Gasteiger partial charge is 0.330 e. The molecule has 2 rings (SSSR count). The highest BCUT2D eigenvalue weighted by Crippen LogP contribution is 2.27. The van der Waals surface area contributed by atoms with E-state index in [0.717, 1.165) is 12.4 Å². The third-order valence-electron chi connectivity index (χ3n) is 2.84. The molecule has 1 aromatic carbocycles. The Morgan fingerprint density at radius 2 is 1.55 bits per heavy atom. The molecule has 0 aliphatic heterocycles. The van der Waals surface area contributed by atoms with Crippen molar-refractivity contribution in [2.45, 2.75) is 12.1 Å². The van der Waals surface area contributed by atoms with Gasteiger partial charge < -0.3 is 5.73 Å². The topological polar surface area (TPSA) is 51.8 Å². The lowest BCUT2D eigenvalue weighted by molar-refractivity contribution is -0.145. The summed E-state index contributed by atoms with van der Waals surface area (Å²) in [5, 5.41) is 0. The predicted octanol–water partition coefficient (Wildman–Crippen LogP) is 2.73. The molecule has 2 aromatic rings. The molecule has 7 heteroatoms. The molecule has 0 aliphatic carbocycles. The molecule has 0 saturated heterocycles. The van der Waals surface area contributed by atoms with Crippen LogP contribution in [0.15, 0.2) is 36.7 Å². The van der Waals surface area contributed by atoms with Crippen molar-refractivity contribution in [1.82, 2.24) is 9.97 Å². The van der Waals surface area contributed by atoms with Crippen molar-refractivity contribution in [3.63, 3.8) is 0 Å². The van der Waals surface area contributed by atoms with Crippen LogP contribution in [0.25, 0.3) is 0 Å². The van der Waals surface area contributed by atoms with E-state index < -0.39 is 17.8 Å². The second-order valence-corrected chi connectivity index (χ2v) is 4.18. The van der Waals surface area contributed by atoms with Crippen LogP contribution in [0, 0.1) is 5.82 Å². The van der Waals surface area contributed by atoms with E-state index in [1.54, 1.807) is 0 Å². The molecule has 0 spiro atoms. The van der Waals surface area contributed by atoms with Gasteiger partial charge in [0.1, 0.15) is 5.82 Å². The Morgan fingerprint density at radius 3 is 2.00 bits per heavy atom. The highest BCUT2D eigenvalue weighted by Gasteiger charge is 2.34. The van der Waals surface area contributed by atoms with Crippen LogP contribution in [-0.4, -0.2) is 16.5 Å². The number of aromatic nitrogens is 2. The van der Waals surface area contributed by atoms with Crippen molar-refractivity contribution >= 4 is 0 Å². The van der Waals surface area contributed by atoms with Crippen molar-refractivity contribution in [3.05, 3.63) is 59.4 Å². The number of nitrogens with two attached hydrogens (primary N) is 1. The number of halogens is 4. The molecule has 1 unspecified atom stereocenters. The van der Waals surface area contributed by atoms with Crippen molar-refractivity contribution in [2.24, 2.45) is 5.73 Å². The second-order valence-electron chi connectivity index (χ2n) is 4.18. The lowest BCUT2D eigenvalue weighted by Crippen LogP contribution is -2.16. The van der Waals surface area contributed by atoms with Crippen molar-refractivity contribution in [2.75, 3.05) is 6.54 Å². The zero-order chi connectivity index (χ0) is 14.8. The first-order valence-electron chi connectivity index (χ1n) is 5.76. The normalized spacial score (nSPS) is 13.2. The van der Waals surface area contributed by atoms with E-state index in [-0.39, 0.29) is 12.5 Å². The number of hydrogen-bond acceptors (Lipinski definition) is 3. The minimum Gasteiger partial charge on any atom is -0.330 e. The van der Waals surface area contributed by atoms with Crippen LogP contribution in [0.3, 0.4) is 0 Å². The Balaban J connectivity index is 2.30. The summed E-state index contributed by atoms with van der Waals surface area (Å²) in [7, 11) is 0. The van der Waals surface area contributed by atoms with Crippen LogP contribution in [0.1, 0.15) is 22.9 Å². The van der Waals surface area contributed by atoms with Gasteiger partial charge >= 0.3 is 6.18 Å². The summed E-state index contributed by atoms with van der Waals surface area (Å²) in [5.74, 6) is -1.97. The van der Waals surface area contributed by atoms with Crippen LogP contribution in [-0.2, 0) is 6.18 Å². The summed E-state index contributed by atoms with van der Waals surface area (Å²) in [6.45, 7) is 0.153. The first-order valence-corrected chi connectivity index (χ1v) is 5.76. The van der Waals surface area contributed by atoms with Gasteiger partial charge in [0, 0.05) is 24.9 Å². The molecule has 1 heterocycles. The molecular formula is C13H11F4N3. The fourth-order valence-electron chi connectivity index (χ4n) is 1.82. The second kappa shape index (κ2) is 5.54.